The predicted molar refractivity (Wildman–Crippen MR) is 107 cm³/mol. The van der Waals surface area contributed by atoms with E-state index in [1.807, 2.05) is 66.7 Å². The van der Waals surface area contributed by atoms with Crippen LogP contribution >= 0.6 is 11.6 Å². The summed E-state index contributed by atoms with van der Waals surface area (Å²) < 4.78 is 11.2. The van der Waals surface area contributed by atoms with Crippen LogP contribution in [0.4, 0.5) is 5.69 Å². The van der Waals surface area contributed by atoms with Crippen molar-refractivity contribution in [1.82, 2.24) is 0 Å². The van der Waals surface area contributed by atoms with Crippen molar-refractivity contribution in [3.8, 4) is 22.6 Å². The molecule has 0 saturated heterocycles. The van der Waals surface area contributed by atoms with E-state index in [0.717, 1.165) is 33.9 Å². The molecule has 4 nitrogen and oxygen atoms in total. The number of hydrazine groups is 1. The van der Waals surface area contributed by atoms with Crippen LogP contribution < -0.4 is 20.3 Å². The van der Waals surface area contributed by atoms with Crippen LogP contribution in [-0.2, 0) is 6.61 Å². The van der Waals surface area contributed by atoms with E-state index in [4.69, 9.17) is 26.9 Å². The maximum absolute atomic E-state index is 6.32. The third kappa shape index (κ3) is 4.10. The molecule has 0 aliphatic carbocycles. The molecule has 2 N–H and O–H groups in total. The first-order valence-electron chi connectivity index (χ1n) is 8.21. The van der Waals surface area contributed by atoms with Crippen LogP contribution in [0.2, 0.25) is 5.02 Å². The van der Waals surface area contributed by atoms with Crippen LogP contribution in [0.15, 0.2) is 66.7 Å². The number of benzene rings is 3. The van der Waals surface area contributed by atoms with Gasteiger partial charge < -0.3 is 14.5 Å². The first-order chi connectivity index (χ1) is 12.6. The van der Waals surface area contributed by atoms with Gasteiger partial charge in [0.25, 0.3) is 0 Å². The van der Waals surface area contributed by atoms with E-state index < -0.39 is 0 Å². The molecule has 0 radical (unpaired) electrons. The maximum Gasteiger partial charge on any atom is 0.120 e. The Hall–Kier alpha value is -2.69. The molecule has 134 valence electrons. The van der Waals surface area contributed by atoms with Gasteiger partial charge >= 0.3 is 0 Å². The Bertz CT molecular complexity index is 879. The van der Waals surface area contributed by atoms with Crippen molar-refractivity contribution >= 4 is 17.3 Å². The number of nitrogens with two attached hydrogens (primary N) is 1. The zero-order valence-electron chi connectivity index (χ0n) is 14.8. The second-order valence-corrected chi connectivity index (χ2v) is 6.30. The third-order valence-electron chi connectivity index (χ3n) is 4.11. The number of rotatable bonds is 6. The zero-order chi connectivity index (χ0) is 18.5. The molecule has 0 aliphatic rings. The number of hydrogen-bond acceptors (Lipinski definition) is 4. The average Bonchev–Trinajstić information content (AvgIpc) is 2.67. The Morgan fingerprint density at radius 2 is 1.65 bits per heavy atom. The van der Waals surface area contributed by atoms with Gasteiger partial charge in [0.05, 0.1) is 12.8 Å². The zero-order valence-corrected chi connectivity index (χ0v) is 15.5. The predicted octanol–water partition coefficient (Wildman–Crippen LogP) is 4.90. The number of ether oxygens (including phenoxy) is 2. The Kier molecular flexibility index (Phi) is 5.66. The Labute approximate surface area is 158 Å². The first kappa shape index (κ1) is 18.1. The van der Waals surface area contributed by atoms with E-state index >= 15 is 0 Å². The lowest BCUT2D eigenvalue weighted by Crippen LogP contribution is -2.26. The second kappa shape index (κ2) is 8.13. The van der Waals surface area contributed by atoms with E-state index in [0.29, 0.717) is 11.6 Å². The largest absolute Gasteiger partial charge is 0.497 e. The molecule has 0 aromatic heterocycles. The van der Waals surface area contributed by atoms with Gasteiger partial charge in [0.2, 0.25) is 0 Å². The van der Waals surface area contributed by atoms with Crippen molar-refractivity contribution in [3.63, 3.8) is 0 Å². The third-order valence-corrected chi connectivity index (χ3v) is 4.47. The lowest BCUT2D eigenvalue weighted by Gasteiger charge is -2.18. The molecule has 0 atom stereocenters. The Morgan fingerprint density at radius 1 is 0.923 bits per heavy atom. The molecular formula is C21H21ClN2O2. The van der Waals surface area contributed by atoms with E-state index in [1.165, 1.54) is 0 Å². The number of nitrogens with zero attached hydrogens (tertiary/aromatic N) is 1. The Balaban J connectivity index is 1.80. The SMILES string of the molecule is COc1ccc(-c2cccc(OCc3c(Cl)cccc3N(C)N)c2)cc1. The van der Waals surface area contributed by atoms with Crippen molar-refractivity contribution in [1.29, 1.82) is 0 Å². The molecule has 0 aliphatic heterocycles. The highest BCUT2D eigenvalue weighted by Gasteiger charge is 2.10. The van der Waals surface area contributed by atoms with Gasteiger partial charge in [0.1, 0.15) is 18.1 Å². The summed E-state index contributed by atoms with van der Waals surface area (Å²) in [6.07, 6.45) is 0. The lowest BCUT2D eigenvalue weighted by molar-refractivity contribution is 0.306. The van der Waals surface area contributed by atoms with E-state index in [2.05, 4.69) is 0 Å². The smallest absolute Gasteiger partial charge is 0.120 e. The van der Waals surface area contributed by atoms with E-state index in [1.54, 1.807) is 19.2 Å². The van der Waals surface area contributed by atoms with Gasteiger partial charge in [-0.05, 0) is 47.5 Å². The van der Waals surface area contributed by atoms with Crippen LogP contribution in [0.5, 0.6) is 11.5 Å². The molecule has 0 fully saturated rings. The van der Waals surface area contributed by atoms with Crippen LogP contribution in [0.25, 0.3) is 11.1 Å². The molecule has 3 rings (SSSR count). The number of anilines is 1. The number of methoxy groups -OCH3 is 1. The summed E-state index contributed by atoms with van der Waals surface area (Å²) in [7, 11) is 3.44. The quantitative estimate of drug-likeness (QED) is 0.496. The number of hydrogen-bond donors (Lipinski definition) is 1. The molecule has 0 spiro atoms. The van der Waals surface area contributed by atoms with Crippen LogP contribution in [0, 0.1) is 0 Å². The molecule has 0 saturated carbocycles. The molecule has 0 amide bonds. The lowest BCUT2D eigenvalue weighted by atomic mass is 10.1. The first-order valence-corrected chi connectivity index (χ1v) is 8.59. The normalized spacial score (nSPS) is 10.5. The van der Waals surface area contributed by atoms with Gasteiger partial charge in [0.15, 0.2) is 0 Å². The fourth-order valence-electron chi connectivity index (χ4n) is 2.73. The van der Waals surface area contributed by atoms with E-state index in [-0.39, 0.29) is 0 Å². The van der Waals surface area contributed by atoms with Crippen LogP contribution in [0.1, 0.15) is 5.56 Å². The summed E-state index contributed by atoms with van der Waals surface area (Å²) in [5, 5.41) is 2.17. The molecule has 3 aromatic rings. The molecule has 3 aromatic carbocycles. The van der Waals surface area contributed by atoms with Crippen molar-refractivity contribution in [2.45, 2.75) is 6.61 Å². The van der Waals surface area contributed by atoms with Crippen LogP contribution in [0.3, 0.4) is 0 Å². The van der Waals surface area contributed by atoms with Gasteiger partial charge in [0, 0.05) is 17.6 Å². The standard InChI is InChI=1S/C21H21ClN2O2/c1-24(23)21-8-4-7-20(22)19(21)14-26-18-6-3-5-16(13-18)15-9-11-17(25-2)12-10-15/h3-13H,14,23H2,1-2H3. The van der Waals surface area contributed by atoms with Crippen molar-refractivity contribution in [2.75, 3.05) is 19.2 Å². The fourth-order valence-corrected chi connectivity index (χ4v) is 2.95. The van der Waals surface area contributed by atoms with Gasteiger partial charge in [-0.15, -0.1) is 0 Å². The van der Waals surface area contributed by atoms with Crippen molar-refractivity contribution < 1.29 is 9.47 Å². The average molecular weight is 369 g/mol. The van der Waals surface area contributed by atoms with Gasteiger partial charge in [-0.3, -0.25) is 0 Å². The number of halogens is 1. The van der Waals surface area contributed by atoms with Gasteiger partial charge in [-0.25, -0.2) is 5.84 Å². The van der Waals surface area contributed by atoms with Crippen LogP contribution in [-0.4, -0.2) is 14.2 Å². The summed E-state index contributed by atoms with van der Waals surface area (Å²) in [6.45, 7) is 0.336. The summed E-state index contributed by atoms with van der Waals surface area (Å²) in [5.41, 5.74) is 3.86. The molecule has 26 heavy (non-hydrogen) atoms. The summed E-state index contributed by atoms with van der Waals surface area (Å²) in [4.78, 5) is 0. The highest BCUT2D eigenvalue weighted by atomic mass is 35.5. The van der Waals surface area contributed by atoms with E-state index in [9.17, 15) is 0 Å². The fraction of sp³-hybridized carbons (Fsp3) is 0.143. The molecule has 0 unspecified atom stereocenters. The van der Waals surface area contributed by atoms with Gasteiger partial charge in [-0.1, -0.05) is 41.9 Å². The summed E-state index contributed by atoms with van der Waals surface area (Å²) >= 11 is 6.32. The maximum atomic E-state index is 6.32. The minimum atomic E-state index is 0.336. The topological polar surface area (TPSA) is 47.7 Å². The Morgan fingerprint density at radius 3 is 2.35 bits per heavy atom. The van der Waals surface area contributed by atoms with Gasteiger partial charge in [-0.2, -0.15) is 0 Å². The molecule has 0 bridgehead atoms. The minimum absolute atomic E-state index is 0.336. The molecule has 5 heteroatoms. The summed E-state index contributed by atoms with van der Waals surface area (Å²) in [6, 6.07) is 21.5. The molecule has 0 heterocycles. The highest BCUT2D eigenvalue weighted by molar-refractivity contribution is 6.31. The van der Waals surface area contributed by atoms with Crippen molar-refractivity contribution in [3.05, 3.63) is 77.3 Å². The highest BCUT2D eigenvalue weighted by Crippen LogP contribution is 2.29. The molecular weight excluding hydrogens is 348 g/mol. The summed E-state index contributed by atoms with van der Waals surface area (Å²) in [5.74, 6) is 7.48. The minimum Gasteiger partial charge on any atom is -0.497 e. The monoisotopic (exact) mass is 368 g/mol. The van der Waals surface area contributed by atoms with Crippen molar-refractivity contribution in [2.24, 2.45) is 5.84 Å². The second-order valence-electron chi connectivity index (χ2n) is 5.89.